The Hall–Kier alpha value is -1.52. The van der Waals surface area contributed by atoms with Gasteiger partial charge in [0.15, 0.2) is 0 Å². The maximum Gasteiger partial charge on any atom is 0.135 e. The molecule has 0 aliphatic rings. The van der Waals surface area contributed by atoms with Crippen molar-refractivity contribution in [3.63, 3.8) is 0 Å². The molecule has 1 aromatic heterocycles. The van der Waals surface area contributed by atoms with Crippen LogP contribution in [0.2, 0.25) is 10.0 Å². The number of benzene rings is 2. The second-order valence-electron chi connectivity index (χ2n) is 5.44. The molecule has 132 valence electrons. The minimum atomic E-state index is -0.213. The summed E-state index contributed by atoms with van der Waals surface area (Å²) in [5.74, 6) is 1.30. The first-order valence-electron chi connectivity index (χ1n) is 7.61. The number of nitrogens with one attached hydrogen (secondary N) is 1. The molecule has 2 aromatic carbocycles. The van der Waals surface area contributed by atoms with E-state index < -0.39 is 0 Å². The Bertz CT molecular complexity index is 818. The summed E-state index contributed by atoms with van der Waals surface area (Å²) in [4.78, 5) is 0. The topological polar surface area (TPSA) is 25.2 Å². The molecule has 1 N–H and O–H groups in total. The first-order chi connectivity index (χ1) is 11.6. The molecule has 0 bridgehead atoms. The van der Waals surface area contributed by atoms with Crippen LogP contribution in [0.15, 0.2) is 59.0 Å². The SMILES string of the molecule is Cl.Fc1ccc(CCNCc2ccc(-c3cc(Cl)ccc3Cl)o2)cc1. The Morgan fingerprint density at radius 2 is 1.72 bits per heavy atom. The molecule has 6 heteroatoms. The van der Waals surface area contributed by atoms with Gasteiger partial charge in [-0.15, -0.1) is 12.4 Å². The highest BCUT2D eigenvalue weighted by Crippen LogP contribution is 2.31. The Morgan fingerprint density at radius 1 is 0.960 bits per heavy atom. The number of furan rings is 1. The van der Waals surface area contributed by atoms with Gasteiger partial charge < -0.3 is 9.73 Å². The van der Waals surface area contributed by atoms with Gasteiger partial charge in [-0.2, -0.15) is 0 Å². The smallest absolute Gasteiger partial charge is 0.135 e. The van der Waals surface area contributed by atoms with Crippen molar-refractivity contribution in [1.29, 1.82) is 0 Å². The van der Waals surface area contributed by atoms with Crippen LogP contribution in [0.25, 0.3) is 11.3 Å². The molecule has 0 spiro atoms. The maximum absolute atomic E-state index is 12.8. The summed E-state index contributed by atoms with van der Waals surface area (Å²) in [5.41, 5.74) is 1.87. The Labute approximate surface area is 162 Å². The minimum absolute atomic E-state index is 0. The molecule has 3 rings (SSSR count). The fourth-order valence-corrected chi connectivity index (χ4v) is 2.78. The second-order valence-corrected chi connectivity index (χ2v) is 6.29. The van der Waals surface area contributed by atoms with Crippen molar-refractivity contribution in [3.05, 3.63) is 81.8 Å². The lowest BCUT2D eigenvalue weighted by Crippen LogP contribution is -2.16. The molecule has 1 heterocycles. The predicted octanol–water partition coefficient (Wildman–Crippen LogP) is 6.15. The lowest BCUT2D eigenvalue weighted by molar-refractivity contribution is 0.495. The molecule has 3 aromatic rings. The summed E-state index contributed by atoms with van der Waals surface area (Å²) >= 11 is 12.2. The molecule has 0 amide bonds. The molecule has 0 aliphatic carbocycles. The van der Waals surface area contributed by atoms with E-state index in [0.717, 1.165) is 29.9 Å². The van der Waals surface area contributed by atoms with E-state index >= 15 is 0 Å². The van der Waals surface area contributed by atoms with Crippen LogP contribution < -0.4 is 5.32 Å². The third-order valence-electron chi connectivity index (χ3n) is 3.66. The van der Waals surface area contributed by atoms with Gasteiger partial charge >= 0.3 is 0 Å². The highest BCUT2D eigenvalue weighted by Gasteiger charge is 2.09. The molecule has 0 aliphatic heterocycles. The number of rotatable bonds is 6. The average Bonchev–Trinajstić information content (AvgIpc) is 3.04. The lowest BCUT2D eigenvalue weighted by atomic mass is 10.1. The van der Waals surface area contributed by atoms with Gasteiger partial charge in [0.1, 0.15) is 17.3 Å². The molecular formula is C19H17Cl3FNO. The van der Waals surface area contributed by atoms with E-state index in [9.17, 15) is 4.39 Å². The van der Waals surface area contributed by atoms with Crippen molar-refractivity contribution in [1.82, 2.24) is 5.32 Å². The highest BCUT2D eigenvalue weighted by molar-refractivity contribution is 6.35. The quantitative estimate of drug-likeness (QED) is 0.502. The molecule has 0 fully saturated rings. The molecule has 0 radical (unpaired) electrons. The maximum atomic E-state index is 12.8. The number of hydrogen-bond donors (Lipinski definition) is 1. The molecular weight excluding hydrogens is 384 g/mol. The first kappa shape index (κ1) is 19.8. The zero-order chi connectivity index (χ0) is 16.9. The third-order valence-corrected chi connectivity index (χ3v) is 4.22. The van der Waals surface area contributed by atoms with Crippen LogP contribution in [-0.4, -0.2) is 6.54 Å². The van der Waals surface area contributed by atoms with Crippen molar-refractivity contribution in [2.24, 2.45) is 0 Å². The van der Waals surface area contributed by atoms with Crippen LogP contribution in [0.1, 0.15) is 11.3 Å². The molecule has 0 unspecified atom stereocenters. The van der Waals surface area contributed by atoms with Gasteiger partial charge in [-0.05, 0) is 61.0 Å². The van der Waals surface area contributed by atoms with Crippen molar-refractivity contribution >= 4 is 35.6 Å². The summed E-state index contributed by atoms with van der Waals surface area (Å²) in [7, 11) is 0. The molecule has 0 saturated carbocycles. The summed E-state index contributed by atoms with van der Waals surface area (Å²) in [6.07, 6.45) is 0.827. The summed E-state index contributed by atoms with van der Waals surface area (Å²) in [6.45, 7) is 1.39. The van der Waals surface area contributed by atoms with Crippen molar-refractivity contribution in [2.75, 3.05) is 6.54 Å². The highest BCUT2D eigenvalue weighted by atomic mass is 35.5. The normalized spacial score (nSPS) is 10.5. The van der Waals surface area contributed by atoms with Gasteiger partial charge in [-0.1, -0.05) is 35.3 Å². The van der Waals surface area contributed by atoms with Gasteiger partial charge in [0.2, 0.25) is 0 Å². The monoisotopic (exact) mass is 399 g/mol. The van der Waals surface area contributed by atoms with E-state index in [0.29, 0.717) is 22.4 Å². The van der Waals surface area contributed by atoms with Gasteiger partial charge in [-0.25, -0.2) is 4.39 Å². The molecule has 25 heavy (non-hydrogen) atoms. The van der Waals surface area contributed by atoms with Gasteiger partial charge in [0.05, 0.1) is 11.6 Å². The van der Waals surface area contributed by atoms with Crippen LogP contribution in [-0.2, 0) is 13.0 Å². The van der Waals surface area contributed by atoms with Crippen LogP contribution in [0.5, 0.6) is 0 Å². The Balaban J connectivity index is 0.00000225. The van der Waals surface area contributed by atoms with Gasteiger partial charge in [-0.3, -0.25) is 0 Å². The molecule has 2 nitrogen and oxygen atoms in total. The number of hydrogen-bond acceptors (Lipinski definition) is 2. The van der Waals surface area contributed by atoms with Crippen LogP contribution in [0, 0.1) is 5.82 Å². The molecule has 0 atom stereocenters. The van der Waals surface area contributed by atoms with E-state index in [-0.39, 0.29) is 18.2 Å². The zero-order valence-corrected chi connectivity index (χ0v) is 15.6. The van der Waals surface area contributed by atoms with E-state index in [2.05, 4.69) is 5.32 Å². The zero-order valence-electron chi connectivity index (χ0n) is 13.3. The summed E-state index contributed by atoms with van der Waals surface area (Å²) in [5, 5.41) is 4.53. The average molecular weight is 401 g/mol. The van der Waals surface area contributed by atoms with Crippen LogP contribution >= 0.6 is 35.6 Å². The van der Waals surface area contributed by atoms with Gasteiger partial charge in [0.25, 0.3) is 0 Å². The summed E-state index contributed by atoms with van der Waals surface area (Å²) in [6, 6.07) is 15.6. The van der Waals surface area contributed by atoms with Crippen LogP contribution in [0.4, 0.5) is 4.39 Å². The third kappa shape index (κ3) is 5.48. The predicted molar refractivity (Wildman–Crippen MR) is 103 cm³/mol. The van der Waals surface area contributed by atoms with E-state index in [1.54, 1.807) is 30.3 Å². The Morgan fingerprint density at radius 3 is 2.48 bits per heavy atom. The first-order valence-corrected chi connectivity index (χ1v) is 8.37. The fraction of sp³-hybridized carbons (Fsp3) is 0.158. The van der Waals surface area contributed by atoms with E-state index in [1.165, 1.54) is 12.1 Å². The van der Waals surface area contributed by atoms with E-state index in [1.807, 2.05) is 12.1 Å². The van der Waals surface area contributed by atoms with Crippen molar-refractivity contribution in [2.45, 2.75) is 13.0 Å². The molecule has 0 saturated heterocycles. The van der Waals surface area contributed by atoms with Crippen molar-refractivity contribution in [3.8, 4) is 11.3 Å². The van der Waals surface area contributed by atoms with Crippen molar-refractivity contribution < 1.29 is 8.81 Å². The van der Waals surface area contributed by atoms with Gasteiger partial charge in [0, 0.05) is 10.6 Å². The van der Waals surface area contributed by atoms with E-state index in [4.69, 9.17) is 27.6 Å². The number of halogens is 4. The second kappa shape index (κ2) is 9.25. The van der Waals surface area contributed by atoms with Crippen LogP contribution in [0.3, 0.4) is 0 Å². The fourth-order valence-electron chi connectivity index (χ4n) is 2.40. The summed E-state index contributed by atoms with van der Waals surface area (Å²) < 4.78 is 18.7. The minimum Gasteiger partial charge on any atom is -0.460 e. The Kier molecular flexibility index (Phi) is 7.33. The lowest BCUT2D eigenvalue weighted by Gasteiger charge is -2.04. The largest absolute Gasteiger partial charge is 0.460 e. The standard InChI is InChI=1S/C19H16Cl2FNO.ClH/c20-14-3-7-18(21)17(11-14)19-8-6-16(24-19)12-23-10-9-13-1-4-15(22)5-2-13;/h1-8,11,23H,9-10,12H2;1H.